The van der Waals surface area contributed by atoms with Crippen LogP contribution in [0.5, 0.6) is 0 Å². The van der Waals surface area contributed by atoms with Crippen molar-refractivity contribution in [3.8, 4) is 0 Å². The molecule has 4 rings (SSSR count). The fourth-order valence-electron chi connectivity index (χ4n) is 3.42. The molecule has 1 amide bonds. The molecule has 2 aliphatic rings. The number of rotatable bonds is 3. The molecule has 1 aliphatic heterocycles. The van der Waals surface area contributed by atoms with E-state index < -0.39 is 5.79 Å². The molecule has 7 nitrogen and oxygen atoms in total. The van der Waals surface area contributed by atoms with Crippen LogP contribution in [0.4, 0.5) is 0 Å². The largest absolute Gasteiger partial charge is 0.349 e. The van der Waals surface area contributed by atoms with E-state index in [2.05, 4.69) is 15.5 Å². The standard InChI is InChI=1S/C16H20N4O3S/c21-14(11-4-5-13-18-19-15(24)20(13)9-11)17-8-12-10-22-16(23-12)6-2-1-3-7-16/h4-5,9,12H,1-3,6-8,10H2,(H,17,21)(H,19,24). The number of aromatic amines is 1. The van der Waals surface area contributed by atoms with Gasteiger partial charge in [0, 0.05) is 25.6 Å². The van der Waals surface area contributed by atoms with Crippen molar-refractivity contribution in [1.82, 2.24) is 19.9 Å². The number of hydrogen-bond donors (Lipinski definition) is 2. The number of amides is 1. The highest BCUT2D eigenvalue weighted by Crippen LogP contribution is 2.37. The van der Waals surface area contributed by atoms with Gasteiger partial charge < -0.3 is 14.8 Å². The van der Waals surface area contributed by atoms with Crippen molar-refractivity contribution < 1.29 is 14.3 Å². The molecule has 1 unspecified atom stereocenters. The summed E-state index contributed by atoms with van der Waals surface area (Å²) < 4.78 is 14.1. The van der Waals surface area contributed by atoms with E-state index in [1.165, 1.54) is 6.42 Å². The molecule has 1 saturated heterocycles. The predicted molar refractivity (Wildman–Crippen MR) is 89.4 cm³/mol. The Morgan fingerprint density at radius 3 is 3.08 bits per heavy atom. The van der Waals surface area contributed by atoms with E-state index in [0.29, 0.717) is 29.1 Å². The second-order valence-electron chi connectivity index (χ2n) is 6.41. The van der Waals surface area contributed by atoms with Crippen molar-refractivity contribution >= 4 is 23.8 Å². The van der Waals surface area contributed by atoms with Gasteiger partial charge in [-0.05, 0) is 37.2 Å². The Kier molecular flexibility index (Phi) is 4.11. The molecule has 2 aromatic rings. The van der Waals surface area contributed by atoms with Gasteiger partial charge in [0.05, 0.1) is 12.2 Å². The quantitative estimate of drug-likeness (QED) is 0.831. The van der Waals surface area contributed by atoms with E-state index in [9.17, 15) is 4.79 Å². The van der Waals surface area contributed by atoms with Crippen molar-refractivity contribution in [3.05, 3.63) is 28.7 Å². The highest BCUT2D eigenvalue weighted by molar-refractivity contribution is 7.71. The average Bonchev–Trinajstić information content (AvgIpc) is 3.17. The first-order valence-corrected chi connectivity index (χ1v) is 8.73. The molecule has 0 bridgehead atoms. The van der Waals surface area contributed by atoms with Gasteiger partial charge in [0.1, 0.15) is 6.10 Å². The highest BCUT2D eigenvalue weighted by atomic mass is 32.1. The molecular formula is C16H20N4O3S. The Hall–Kier alpha value is -1.77. The van der Waals surface area contributed by atoms with Crippen LogP contribution >= 0.6 is 12.2 Å². The van der Waals surface area contributed by atoms with Crippen LogP contribution in [0.2, 0.25) is 0 Å². The minimum Gasteiger partial charge on any atom is -0.349 e. The molecule has 8 heteroatoms. The molecule has 128 valence electrons. The minimum atomic E-state index is -0.406. The number of carbonyl (C=O) groups excluding carboxylic acids is 1. The molecule has 1 saturated carbocycles. The number of nitrogens with zero attached hydrogens (tertiary/aromatic N) is 2. The molecule has 0 aromatic carbocycles. The van der Waals surface area contributed by atoms with Crippen LogP contribution in [0.15, 0.2) is 18.3 Å². The van der Waals surface area contributed by atoms with Crippen molar-refractivity contribution in [2.45, 2.75) is 44.0 Å². The fourth-order valence-corrected chi connectivity index (χ4v) is 3.61. The van der Waals surface area contributed by atoms with Crippen molar-refractivity contribution in [3.63, 3.8) is 0 Å². The van der Waals surface area contributed by atoms with Gasteiger partial charge >= 0.3 is 0 Å². The van der Waals surface area contributed by atoms with E-state index >= 15 is 0 Å². The summed E-state index contributed by atoms with van der Waals surface area (Å²) in [5, 5.41) is 9.67. The van der Waals surface area contributed by atoms with Gasteiger partial charge in [-0.2, -0.15) is 5.10 Å². The van der Waals surface area contributed by atoms with Gasteiger partial charge in [0.25, 0.3) is 5.91 Å². The van der Waals surface area contributed by atoms with Crippen molar-refractivity contribution in [1.29, 1.82) is 0 Å². The molecule has 2 aromatic heterocycles. The summed E-state index contributed by atoms with van der Waals surface area (Å²) in [7, 11) is 0. The summed E-state index contributed by atoms with van der Waals surface area (Å²) in [6.45, 7) is 0.974. The zero-order chi connectivity index (χ0) is 16.6. The van der Waals surface area contributed by atoms with E-state index in [0.717, 1.165) is 25.7 Å². The lowest BCUT2D eigenvalue weighted by atomic mass is 9.94. The summed E-state index contributed by atoms with van der Waals surface area (Å²) >= 11 is 5.13. The second-order valence-corrected chi connectivity index (χ2v) is 6.79. The third kappa shape index (κ3) is 2.97. The summed E-state index contributed by atoms with van der Waals surface area (Å²) in [6.07, 6.45) is 7.03. The number of pyridine rings is 1. The van der Waals surface area contributed by atoms with Crippen LogP contribution in [0.3, 0.4) is 0 Å². The first kappa shape index (κ1) is 15.7. The number of hydrogen-bond acceptors (Lipinski definition) is 5. The van der Waals surface area contributed by atoms with Crippen LogP contribution in [0.25, 0.3) is 5.65 Å². The molecule has 2 N–H and O–H groups in total. The molecular weight excluding hydrogens is 328 g/mol. The van der Waals surface area contributed by atoms with E-state index in [4.69, 9.17) is 21.7 Å². The number of nitrogens with one attached hydrogen (secondary N) is 2. The fraction of sp³-hybridized carbons (Fsp3) is 0.562. The topological polar surface area (TPSA) is 80.7 Å². The summed E-state index contributed by atoms with van der Waals surface area (Å²) in [5.74, 6) is -0.565. The zero-order valence-corrected chi connectivity index (χ0v) is 14.1. The third-order valence-electron chi connectivity index (χ3n) is 4.69. The third-order valence-corrected chi connectivity index (χ3v) is 4.98. The number of ether oxygens (including phenoxy) is 2. The maximum atomic E-state index is 12.4. The summed E-state index contributed by atoms with van der Waals surface area (Å²) in [5.41, 5.74) is 1.22. The monoisotopic (exact) mass is 348 g/mol. The first-order chi connectivity index (χ1) is 11.7. The SMILES string of the molecule is O=C(NCC1COC2(CCCCC2)O1)c1ccc2n[nH]c(=S)n2c1. The van der Waals surface area contributed by atoms with Crippen LogP contribution in [-0.4, -0.2) is 45.5 Å². The Bertz CT molecular complexity index is 809. The van der Waals surface area contributed by atoms with Crippen LogP contribution in [-0.2, 0) is 9.47 Å². The Morgan fingerprint density at radius 2 is 2.25 bits per heavy atom. The summed E-state index contributed by atoms with van der Waals surface area (Å²) in [4.78, 5) is 12.4. The minimum absolute atomic E-state index is 0.0909. The molecule has 0 radical (unpaired) electrons. The van der Waals surface area contributed by atoms with Gasteiger partial charge in [-0.15, -0.1) is 0 Å². The van der Waals surface area contributed by atoms with Gasteiger partial charge in [-0.1, -0.05) is 6.42 Å². The second kappa shape index (κ2) is 6.27. The van der Waals surface area contributed by atoms with Crippen molar-refractivity contribution in [2.75, 3.05) is 13.2 Å². The number of aromatic nitrogens is 3. The van der Waals surface area contributed by atoms with Crippen LogP contribution in [0, 0.1) is 4.77 Å². The summed E-state index contributed by atoms with van der Waals surface area (Å²) in [6, 6.07) is 3.49. The molecule has 1 atom stereocenters. The maximum absolute atomic E-state index is 12.4. The maximum Gasteiger partial charge on any atom is 0.252 e. The lowest BCUT2D eigenvalue weighted by molar-refractivity contribution is -0.186. The van der Waals surface area contributed by atoms with E-state index in [-0.39, 0.29) is 12.0 Å². The number of H-pyrrole nitrogens is 1. The number of fused-ring (bicyclic) bond motifs is 1. The molecule has 24 heavy (non-hydrogen) atoms. The molecule has 1 aliphatic carbocycles. The Morgan fingerprint density at radius 1 is 1.42 bits per heavy atom. The lowest BCUT2D eigenvalue weighted by Gasteiger charge is -2.31. The normalized spacial score (nSPS) is 22.9. The van der Waals surface area contributed by atoms with Gasteiger partial charge in [-0.25, -0.2) is 0 Å². The average molecular weight is 348 g/mol. The van der Waals surface area contributed by atoms with Crippen LogP contribution < -0.4 is 5.32 Å². The Labute approximate surface area is 144 Å². The van der Waals surface area contributed by atoms with Crippen LogP contribution in [0.1, 0.15) is 42.5 Å². The highest BCUT2D eigenvalue weighted by Gasteiger charge is 2.42. The van der Waals surface area contributed by atoms with E-state index in [1.807, 2.05) is 0 Å². The van der Waals surface area contributed by atoms with Gasteiger partial charge in [0.15, 0.2) is 16.2 Å². The molecule has 2 fully saturated rings. The van der Waals surface area contributed by atoms with Crippen molar-refractivity contribution in [2.24, 2.45) is 0 Å². The van der Waals surface area contributed by atoms with E-state index in [1.54, 1.807) is 22.7 Å². The lowest BCUT2D eigenvalue weighted by Crippen LogP contribution is -2.37. The number of carbonyl (C=O) groups is 1. The van der Waals surface area contributed by atoms with Gasteiger partial charge in [-0.3, -0.25) is 14.3 Å². The molecule has 1 spiro atoms. The first-order valence-electron chi connectivity index (χ1n) is 8.32. The predicted octanol–water partition coefficient (Wildman–Crippen LogP) is 2.20. The molecule has 3 heterocycles. The zero-order valence-electron chi connectivity index (χ0n) is 13.3. The van der Waals surface area contributed by atoms with Gasteiger partial charge in [0.2, 0.25) is 0 Å². The smallest absolute Gasteiger partial charge is 0.252 e. The Balaban J connectivity index is 1.37.